The zero-order valence-electron chi connectivity index (χ0n) is 15.5. The number of ether oxygens (including phenoxy) is 1. The lowest BCUT2D eigenvalue weighted by Gasteiger charge is -2.12. The van der Waals surface area contributed by atoms with Crippen molar-refractivity contribution >= 4 is 39.8 Å². The Labute approximate surface area is 166 Å². The van der Waals surface area contributed by atoms with E-state index in [-0.39, 0.29) is 31.1 Å². The van der Waals surface area contributed by atoms with Gasteiger partial charge >= 0.3 is 5.97 Å². The Morgan fingerprint density at radius 2 is 1.93 bits per heavy atom. The molecule has 1 aromatic carbocycles. The van der Waals surface area contributed by atoms with Crippen LogP contribution in [0.3, 0.4) is 0 Å². The van der Waals surface area contributed by atoms with Crippen LogP contribution in [-0.4, -0.2) is 30.0 Å². The Bertz CT molecular complexity index is 906. The molecule has 1 aliphatic rings. The van der Waals surface area contributed by atoms with Crippen molar-refractivity contribution in [3.05, 3.63) is 40.3 Å². The zero-order chi connectivity index (χ0) is 20.1. The summed E-state index contributed by atoms with van der Waals surface area (Å²) in [7, 11) is 1.54. The highest BCUT2D eigenvalue weighted by Crippen LogP contribution is 2.40. The molecule has 1 aromatic heterocycles. The molecule has 0 spiro atoms. The van der Waals surface area contributed by atoms with E-state index in [2.05, 4.69) is 10.6 Å². The van der Waals surface area contributed by atoms with Gasteiger partial charge in [-0.2, -0.15) is 0 Å². The lowest BCUT2D eigenvalue weighted by Crippen LogP contribution is -2.18. The fourth-order valence-corrected chi connectivity index (χ4v) is 4.56. The van der Waals surface area contributed by atoms with E-state index in [1.165, 1.54) is 18.4 Å². The second-order valence-electron chi connectivity index (χ2n) is 6.51. The van der Waals surface area contributed by atoms with E-state index in [9.17, 15) is 14.4 Å². The summed E-state index contributed by atoms with van der Waals surface area (Å²) in [5.41, 5.74) is 2.04. The van der Waals surface area contributed by atoms with Gasteiger partial charge in [0.05, 0.1) is 18.4 Å². The summed E-state index contributed by atoms with van der Waals surface area (Å²) in [4.78, 5) is 37.0. The van der Waals surface area contributed by atoms with Gasteiger partial charge in [-0.15, -0.1) is 11.3 Å². The van der Waals surface area contributed by atoms with Crippen LogP contribution in [0.15, 0.2) is 24.3 Å². The number of carbonyl (C=O) groups is 3. The highest BCUT2D eigenvalue weighted by Gasteiger charge is 2.27. The van der Waals surface area contributed by atoms with E-state index >= 15 is 0 Å². The van der Waals surface area contributed by atoms with Crippen LogP contribution in [0.1, 0.15) is 46.5 Å². The molecule has 0 bridgehead atoms. The maximum Gasteiger partial charge on any atom is 0.303 e. The molecular weight excluding hydrogens is 380 g/mol. The predicted molar refractivity (Wildman–Crippen MR) is 107 cm³/mol. The van der Waals surface area contributed by atoms with Crippen LogP contribution >= 0.6 is 11.3 Å². The molecule has 0 saturated carbocycles. The number of fused-ring (bicyclic) bond motifs is 1. The van der Waals surface area contributed by atoms with Gasteiger partial charge in [0.1, 0.15) is 10.8 Å². The number of benzene rings is 1. The Morgan fingerprint density at radius 1 is 1.14 bits per heavy atom. The molecule has 148 valence electrons. The second-order valence-corrected chi connectivity index (χ2v) is 7.62. The van der Waals surface area contributed by atoms with Crippen molar-refractivity contribution in [2.24, 2.45) is 0 Å². The Kier molecular flexibility index (Phi) is 6.30. The Balaban J connectivity index is 1.79. The number of nitrogens with one attached hydrogen (secondary N) is 2. The zero-order valence-corrected chi connectivity index (χ0v) is 16.4. The quantitative estimate of drug-likeness (QED) is 0.625. The molecule has 0 fully saturated rings. The molecule has 1 aliphatic carbocycles. The van der Waals surface area contributed by atoms with Gasteiger partial charge in [-0.25, -0.2) is 0 Å². The number of aryl methyl sites for hydroxylation is 1. The number of carboxylic acids is 1. The SMILES string of the molecule is COc1ccccc1NC(=O)c1c(NC(=O)CCCC(=O)O)sc2c1CCC2. The summed E-state index contributed by atoms with van der Waals surface area (Å²) in [6, 6.07) is 7.15. The van der Waals surface area contributed by atoms with Crippen LogP contribution in [0.5, 0.6) is 5.75 Å². The fraction of sp³-hybridized carbons (Fsp3) is 0.350. The molecule has 8 heteroatoms. The maximum atomic E-state index is 13.0. The third kappa shape index (κ3) is 4.51. The number of hydrogen-bond acceptors (Lipinski definition) is 5. The average Bonchev–Trinajstić information content (AvgIpc) is 3.22. The molecule has 2 aromatic rings. The van der Waals surface area contributed by atoms with E-state index < -0.39 is 5.97 Å². The minimum Gasteiger partial charge on any atom is -0.495 e. The van der Waals surface area contributed by atoms with E-state index in [1.807, 2.05) is 6.07 Å². The van der Waals surface area contributed by atoms with Crippen molar-refractivity contribution in [2.45, 2.75) is 38.5 Å². The van der Waals surface area contributed by atoms with Crippen molar-refractivity contribution in [3.63, 3.8) is 0 Å². The van der Waals surface area contributed by atoms with Gasteiger partial charge in [-0.05, 0) is 43.4 Å². The average molecular weight is 402 g/mol. The van der Waals surface area contributed by atoms with E-state index in [0.29, 0.717) is 22.0 Å². The van der Waals surface area contributed by atoms with Crippen molar-refractivity contribution in [2.75, 3.05) is 17.7 Å². The van der Waals surface area contributed by atoms with E-state index in [0.717, 1.165) is 29.7 Å². The highest BCUT2D eigenvalue weighted by atomic mass is 32.1. The first-order valence-electron chi connectivity index (χ1n) is 9.10. The van der Waals surface area contributed by atoms with Gasteiger partial charge in [-0.3, -0.25) is 14.4 Å². The number of amides is 2. The number of rotatable bonds is 8. The summed E-state index contributed by atoms with van der Waals surface area (Å²) in [6.45, 7) is 0. The van der Waals surface area contributed by atoms with Gasteiger partial charge in [0.25, 0.3) is 5.91 Å². The molecule has 0 aliphatic heterocycles. The number of thiophene rings is 1. The molecule has 0 radical (unpaired) electrons. The number of para-hydroxylation sites is 2. The molecule has 0 unspecified atom stereocenters. The number of anilines is 2. The molecule has 3 rings (SSSR count). The smallest absolute Gasteiger partial charge is 0.303 e. The van der Waals surface area contributed by atoms with E-state index in [4.69, 9.17) is 9.84 Å². The van der Waals surface area contributed by atoms with Crippen LogP contribution in [0.25, 0.3) is 0 Å². The molecule has 3 N–H and O–H groups in total. The largest absolute Gasteiger partial charge is 0.495 e. The van der Waals surface area contributed by atoms with Crippen molar-refractivity contribution in [1.29, 1.82) is 0 Å². The first-order valence-corrected chi connectivity index (χ1v) is 9.91. The lowest BCUT2D eigenvalue weighted by atomic mass is 10.1. The van der Waals surface area contributed by atoms with Gasteiger partial charge in [0.15, 0.2) is 0 Å². The summed E-state index contributed by atoms with van der Waals surface area (Å²) >= 11 is 1.43. The Hall–Kier alpha value is -2.87. The molecule has 7 nitrogen and oxygen atoms in total. The minimum atomic E-state index is -0.931. The lowest BCUT2D eigenvalue weighted by molar-refractivity contribution is -0.137. The number of carboxylic acid groups (broad SMARTS) is 1. The van der Waals surface area contributed by atoms with Crippen LogP contribution in [0.4, 0.5) is 10.7 Å². The molecule has 1 heterocycles. The van der Waals surface area contributed by atoms with Gasteiger partial charge in [0, 0.05) is 17.7 Å². The minimum absolute atomic E-state index is 0.0600. The van der Waals surface area contributed by atoms with Crippen LogP contribution in [0, 0.1) is 0 Å². The molecule has 0 saturated heterocycles. The summed E-state index contributed by atoms with van der Waals surface area (Å²) in [6.07, 6.45) is 2.98. The molecule has 28 heavy (non-hydrogen) atoms. The normalized spacial score (nSPS) is 12.3. The van der Waals surface area contributed by atoms with Crippen molar-refractivity contribution in [3.8, 4) is 5.75 Å². The number of methoxy groups -OCH3 is 1. The second kappa shape index (κ2) is 8.88. The first-order chi connectivity index (χ1) is 13.5. The van der Waals surface area contributed by atoms with Crippen LogP contribution in [0.2, 0.25) is 0 Å². The molecular formula is C20H22N2O5S. The van der Waals surface area contributed by atoms with Crippen molar-refractivity contribution in [1.82, 2.24) is 0 Å². The first kappa shape index (κ1) is 19.9. The molecule has 0 atom stereocenters. The summed E-state index contributed by atoms with van der Waals surface area (Å²) in [5.74, 6) is -0.945. The molecule has 2 amide bonds. The van der Waals surface area contributed by atoms with E-state index in [1.54, 1.807) is 18.2 Å². The third-order valence-electron chi connectivity index (χ3n) is 4.55. The monoisotopic (exact) mass is 402 g/mol. The number of aliphatic carboxylic acids is 1. The number of hydrogen-bond donors (Lipinski definition) is 3. The Morgan fingerprint density at radius 3 is 2.68 bits per heavy atom. The van der Waals surface area contributed by atoms with Crippen LogP contribution < -0.4 is 15.4 Å². The van der Waals surface area contributed by atoms with Gasteiger partial charge < -0.3 is 20.5 Å². The highest BCUT2D eigenvalue weighted by molar-refractivity contribution is 7.17. The van der Waals surface area contributed by atoms with Crippen LogP contribution in [-0.2, 0) is 22.4 Å². The maximum absolute atomic E-state index is 13.0. The number of carbonyl (C=O) groups excluding carboxylic acids is 2. The third-order valence-corrected chi connectivity index (χ3v) is 5.76. The van der Waals surface area contributed by atoms with Crippen molar-refractivity contribution < 1.29 is 24.2 Å². The standard InChI is InChI=1S/C20H22N2O5S/c1-27-14-8-3-2-7-13(14)21-19(26)18-12-6-4-9-15(12)28-20(18)22-16(23)10-5-11-17(24)25/h2-3,7-8H,4-6,9-11H2,1H3,(H,21,26)(H,22,23)(H,24,25). The van der Waals surface area contributed by atoms with Gasteiger partial charge in [-0.1, -0.05) is 12.1 Å². The fourth-order valence-electron chi connectivity index (χ4n) is 3.25. The topological polar surface area (TPSA) is 105 Å². The summed E-state index contributed by atoms with van der Waals surface area (Å²) < 4.78 is 5.28. The predicted octanol–water partition coefficient (Wildman–Crippen LogP) is 3.69. The summed E-state index contributed by atoms with van der Waals surface area (Å²) in [5, 5.41) is 14.9. The van der Waals surface area contributed by atoms with Gasteiger partial charge in [0.2, 0.25) is 5.91 Å².